The third-order valence-electron chi connectivity index (χ3n) is 4.93. The predicted octanol–water partition coefficient (Wildman–Crippen LogP) is 4.34. The highest BCUT2D eigenvalue weighted by atomic mass is 16.5. The maximum Gasteiger partial charge on any atom is 0.280 e. The first-order valence-electron chi connectivity index (χ1n) is 9.91. The Balaban J connectivity index is 1.69. The molecule has 0 amide bonds. The van der Waals surface area contributed by atoms with E-state index in [1.54, 1.807) is 20.3 Å². The topological polar surface area (TPSA) is 65.4 Å². The van der Waals surface area contributed by atoms with Gasteiger partial charge >= 0.3 is 0 Å². The van der Waals surface area contributed by atoms with E-state index in [2.05, 4.69) is 5.43 Å². The van der Waals surface area contributed by atoms with Crippen LogP contribution in [0.3, 0.4) is 0 Å². The van der Waals surface area contributed by atoms with Gasteiger partial charge in [0.15, 0.2) is 5.82 Å². The van der Waals surface area contributed by atoms with Gasteiger partial charge in [0.05, 0.1) is 25.1 Å². The van der Waals surface area contributed by atoms with Crippen LogP contribution in [0.25, 0.3) is 28.4 Å². The molecule has 6 heteroatoms. The lowest BCUT2D eigenvalue weighted by molar-refractivity contribution is 0.414. The number of benzene rings is 3. The van der Waals surface area contributed by atoms with Crippen molar-refractivity contribution in [3.63, 3.8) is 0 Å². The fraction of sp³-hybridized carbons (Fsp3) is 0.120. The number of hydrogen-bond donors (Lipinski definition) is 1. The lowest BCUT2D eigenvalue weighted by Gasteiger charge is -2.15. The minimum absolute atomic E-state index is 0.151. The van der Waals surface area contributed by atoms with E-state index >= 15 is 0 Å². The number of methoxy groups -OCH3 is 2. The molecule has 0 bridgehead atoms. The van der Waals surface area contributed by atoms with Crippen molar-refractivity contribution in [3.05, 3.63) is 94.8 Å². The average Bonchev–Trinajstić information content (AvgIpc) is 2.83. The van der Waals surface area contributed by atoms with Crippen molar-refractivity contribution in [1.29, 1.82) is 0 Å². The van der Waals surface area contributed by atoms with Crippen molar-refractivity contribution in [1.82, 2.24) is 9.66 Å². The Morgan fingerprint density at radius 2 is 1.68 bits per heavy atom. The van der Waals surface area contributed by atoms with Gasteiger partial charge in [0.25, 0.3) is 5.56 Å². The summed E-state index contributed by atoms with van der Waals surface area (Å²) in [5, 5.41) is 0.556. The molecule has 0 aliphatic carbocycles. The van der Waals surface area contributed by atoms with Crippen LogP contribution in [0.5, 0.6) is 11.5 Å². The minimum atomic E-state index is -0.151. The van der Waals surface area contributed by atoms with Gasteiger partial charge in [-0.15, -0.1) is 0 Å². The van der Waals surface area contributed by atoms with E-state index in [0.717, 1.165) is 22.6 Å². The number of nitrogens with zero attached hydrogens (tertiary/aromatic N) is 2. The molecule has 156 valence electrons. The normalized spacial score (nSPS) is 11.0. The summed E-state index contributed by atoms with van der Waals surface area (Å²) < 4.78 is 12.1. The van der Waals surface area contributed by atoms with E-state index in [4.69, 9.17) is 14.5 Å². The molecule has 0 fully saturated rings. The maximum atomic E-state index is 13.2. The number of ether oxygens (including phenoxy) is 2. The summed E-state index contributed by atoms with van der Waals surface area (Å²) in [7, 11) is 3.27. The van der Waals surface area contributed by atoms with E-state index < -0.39 is 0 Å². The number of nitrogens with one attached hydrogen (secondary N) is 1. The van der Waals surface area contributed by atoms with Crippen molar-refractivity contribution in [3.8, 4) is 22.9 Å². The Labute approximate surface area is 180 Å². The summed E-state index contributed by atoms with van der Waals surface area (Å²) in [5.41, 5.74) is 5.47. The second-order valence-corrected chi connectivity index (χ2v) is 6.83. The largest absolute Gasteiger partial charge is 0.497 e. The molecular formula is C25H23N3O3. The molecule has 0 aliphatic rings. The fourth-order valence-electron chi connectivity index (χ4n) is 3.35. The molecule has 1 heterocycles. The third-order valence-corrected chi connectivity index (χ3v) is 4.93. The van der Waals surface area contributed by atoms with Gasteiger partial charge in [0.1, 0.15) is 11.5 Å². The zero-order valence-corrected chi connectivity index (χ0v) is 17.4. The Kier molecular flexibility index (Phi) is 5.98. The van der Waals surface area contributed by atoms with Crippen molar-refractivity contribution < 1.29 is 9.47 Å². The molecule has 6 nitrogen and oxygen atoms in total. The highest BCUT2D eigenvalue weighted by Gasteiger charge is 2.12. The molecule has 0 aliphatic heterocycles. The minimum Gasteiger partial charge on any atom is -0.497 e. The van der Waals surface area contributed by atoms with Crippen LogP contribution in [0.4, 0.5) is 0 Å². The van der Waals surface area contributed by atoms with Crippen LogP contribution in [0.15, 0.2) is 83.7 Å². The lowest BCUT2D eigenvalue weighted by Crippen LogP contribution is -2.31. The molecule has 3 aromatic carbocycles. The van der Waals surface area contributed by atoms with Gasteiger partial charge in [0, 0.05) is 17.7 Å². The first kappa shape index (κ1) is 20.2. The fourth-order valence-corrected chi connectivity index (χ4v) is 3.35. The van der Waals surface area contributed by atoms with E-state index in [1.165, 1.54) is 4.68 Å². The molecule has 4 rings (SSSR count). The standard InChI is InChI=1S/C25H23N3O3/c1-30-20-15-13-19(14-16-20)24-27-22-11-5-4-10-21(22)25(29)28(24)26-17-7-9-18-8-3-6-12-23(18)31-2/h3-16,26H,17H2,1-2H3/b9-7+. The highest BCUT2D eigenvalue weighted by Crippen LogP contribution is 2.22. The van der Waals surface area contributed by atoms with Crippen LogP contribution in [-0.2, 0) is 0 Å². The first-order valence-corrected chi connectivity index (χ1v) is 9.91. The molecule has 4 aromatic rings. The summed E-state index contributed by atoms with van der Waals surface area (Å²) >= 11 is 0. The summed E-state index contributed by atoms with van der Waals surface area (Å²) in [6.07, 6.45) is 3.90. The second-order valence-electron chi connectivity index (χ2n) is 6.83. The molecule has 0 atom stereocenters. The Hall–Kier alpha value is -4.06. The van der Waals surface area contributed by atoms with Gasteiger partial charge in [0.2, 0.25) is 0 Å². The van der Waals surface area contributed by atoms with Crippen LogP contribution < -0.4 is 20.5 Å². The van der Waals surface area contributed by atoms with Crippen molar-refractivity contribution in [2.75, 3.05) is 26.2 Å². The summed E-state index contributed by atoms with van der Waals surface area (Å²) in [6.45, 7) is 0.432. The van der Waals surface area contributed by atoms with Gasteiger partial charge in [-0.3, -0.25) is 4.79 Å². The SMILES string of the molecule is COc1ccc(-c2nc3ccccc3c(=O)n2NC/C=C/c2ccccc2OC)cc1. The zero-order valence-electron chi connectivity index (χ0n) is 17.4. The van der Waals surface area contributed by atoms with Gasteiger partial charge in [-0.25, -0.2) is 9.66 Å². The van der Waals surface area contributed by atoms with Crippen LogP contribution >= 0.6 is 0 Å². The van der Waals surface area contributed by atoms with E-state index in [-0.39, 0.29) is 5.56 Å². The Morgan fingerprint density at radius 1 is 0.935 bits per heavy atom. The van der Waals surface area contributed by atoms with Crippen LogP contribution in [0.1, 0.15) is 5.56 Å². The number of rotatable bonds is 7. The quantitative estimate of drug-likeness (QED) is 0.488. The highest BCUT2D eigenvalue weighted by molar-refractivity contribution is 5.79. The summed E-state index contributed by atoms with van der Waals surface area (Å²) in [4.78, 5) is 17.9. The maximum absolute atomic E-state index is 13.2. The number of hydrogen-bond acceptors (Lipinski definition) is 5. The molecule has 0 saturated carbocycles. The monoisotopic (exact) mass is 413 g/mol. The molecule has 31 heavy (non-hydrogen) atoms. The van der Waals surface area contributed by atoms with Crippen LogP contribution in [-0.4, -0.2) is 30.4 Å². The predicted molar refractivity (Wildman–Crippen MR) is 124 cm³/mol. The molecule has 1 N–H and O–H groups in total. The molecule has 0 saturated heterocycles. The van der Waals surface area contributed by atoms with Gasteiger partial charge in [-0.2, -0.15) is 0 Å². The summed E-state index contributed by atoms with van der Waals surface area (Å²) in [5.74, 6) is 2.07. The van der Waals surface area contributed by atoms with Crippen molar-refractivity contribution in [2.24, 2.45) is 0 Å². The van der Waals surface area contributed by atoms with E-state index in [1.807, 2.05) is 78.9 Å². The van der Waals surface area contributed by atoms with Gasteiger partial charge < -0.3 is 14.9 Å². The van der Waals surface area contributed by atoms with E-state index in [9.17, 15) is 4.79 Å². The average molecular weight is 413 g/mol. The molecular weight excluding hydrogens is 390 g/mol. The molecule has 1 aromatic heterocycles. The number of para-hydroxylation sites is 2. The number of fused-ring (bicyclic) bond motifs is 1. The van der Waals surface area contributed by atoms with E-state index in [0.29, 0.717) is 23.3 Å². The second kappa shape index (κ2) is 9.17. The Morgan fingerprint density at radius 3 is 2.45 bits per heavy atom. The van der Waals surface area contributed by atoms with Crippen LogP contribution in [0.2, 0.25) is 0 Å². The molecule has 0 unspecified atom stereocenters. The smallest absolute Gasteiger partial charge is 0.280 e. The lowest BCUT2D eigenvalue weighted by atomic mass is 10.2. The number of aromatic nitrogens is 2. The van der Waals surface area contributed by atoms with Crippen LogP contribution in [0, 0.1) is 0 Å². The molecule has 0 spiro atoms. The molecule has 0 radical (unpaired) electrons. The van der Waals surface area contributed by atoms with Gasteiger partial charge in [-0.1, -0.05) is 42.5 Å². The summed E-state index contributed by atoms with van der Waals surface area (Å²) in [6, 6.07) is 22.6. The van der Waals surface area contributed by atoms with Gasteiger partial charge in [-0.05, 0) is 42.5 Å². The third kappa shape index (κ3) is 4.28. The van der Waals surface area contributed by atoms with Crippen molar-refractivity contribution >= 4 is 17.0 Å². The first-order chi connectivity index (χ1) is 15.2. The van der Waals surface area contributed by atoms with Crippen molar-refractivity contribution in [2.45, 2.75) is 0 Å². The Bertz CT molecular complexity index is 1280. The zero-order chi connectivity index (χ0) is 21.6.